The van der Waals surface area contributed by atoms with Gasteiger partial charge < -0.3 is 20.1 Å². The molecule has 0 aliphatic rings. The molecule has 0 bridgehead atoms. The van der Waals surface area contributed by atoms with E-state index in [1.54, 1.807) is 20.5 Å². The van der Waals surface area contributed by atoms with Crippen LogP contribution in [0, 0.1) is 6.92 Å². The maximum atomic E-state index is 6.34. The highest BCUT2D eigenvalue weighted by atomic mass is 32.2. The Balaban J connectivity index is 2.22. The van der Waals surface area contributed by atoms with Crippen LogP contribution < -0.4 is 10.6 Å². The highest BCUT2D eigenvalue weighted by molar-refractivity contribution is 7.99. The Bertz CT molecular complexity index is 629. The Labute approximate surface area is 147 Å². The lowest BCUT2D eigenvalue weighted by Gasteiger charge is -2.24. The predicted octanol–water partition coefficient (Wildman–Crippen LogP) is 2.62. The molecule has 2 aromatic rings. The van der Waals surface area contributed by atoms with E-state index in [1.807, 2.05) is 0 Å². The molecular formula is C17H24N4O2S. The van der Waals surface area contributed by atoms with Crippen LogP contribution >= 0.6 is 11.8 Å². The number of rotatable bonds is 9. The van der Waals surface area contributed by atoms with Gasteiger partial charge in [-0.1, -0.05) is 29.5 Å². The number of nitrogens with zero attached hydrogens (tertiary/aromatic N) is 3. The summed E-state index contributed by atoms with van der Waals surface area (Å²) in [7, 11) is 3.35. The molecule has 0 fully saturated rings. The number of benzene rings is 1. The van der Waals surface area contributed by atoms with E-state index in [4.69, 9.17) is 15.2 Å². The Morgan fingerprint density at radius 2 is 1.67 bits per heavy atom. The zero-order chi connectivity index (χ0) is 17.4. The normalized spacial score (nSPS) is 10.8. The van der Waals surface area contributed by atoms with Gasteiger partial charge in [0.1, 0.15) is 17.0 Å². The van der Waals surface area contributed by atoms with Gasteiger partial charge in [0.2, 0.25) is 0 Å². The third-order valence-electron chi connectivity index (χ3n) is 3.49. The molecule has 1 aromatic carbocycles. The molecule has 0 aliphatic carbocycles. The lowest BCUT2D eigenvalue weighted by atomic mass is 10.2. The number of aromatic nitrogens is 2. The van der Waals surface area contributed by atoms with Crippen LogP contribution in [0.5, 0.6) is 0 Å². The molecule has 2 rings (SSSR count). The minimum atomic E-state index is 0.579. The molecule has 2 N–H and O–H groups in total. The van der Waals surface area contributed by atoms with Gasteiger partial charge in [-0.25, -0.2) is 9.97 Å². The van der Waals surface area contributed by atoms with Crippen LogP contribution in [0.15, 0.2) is 40.5 Å². The number of anilines is 2. The van der Waals surface area contributed by atoms with Crippen LogP contribution in [0.3, 0.4) is 0 Å². The quantitative estimate of drug-likeness (QED) is 0.698. The van der Waals surface area contributed by atoms with E-state index >= 15 is 0 Å². The summed E-state index contributed by atoms with van der Waals surface area (Å²) in [5.41, 5.74) is 8.14. The Morgan fingerprint density at radius 3 is 2.25 bits per heavy atom. The molecule has 0 spiro atoms. The molecule has 1 aromatic heterocycles. The van der Waals surface area contributed by atoms with Crippen molar-refractivity contribution in [2.45, 2.75) is 16.8 Å². The molecular weight excluding hydrogens is 324 g/mol. The Morgan fingerprint density at radius 1 is 1.04 bits per heavy atom. The molecule has 0 unspecified atom stereocenters. The summed E-state index contributed by atoms with van der Waals surface area (Å²) in [6.45, 7) is 4.63. The fraction of sp³-hybridized carbons (Fsp3) is 0.412. The zero-order valence-corrected chi connectivity index (χ0v) is 15.2. The molecule has 6 nitrogen and oxygen atoms in total. The van der Waals surface area contributed by atoms with Gasteiger partial charge in [0.15, 0.2) is 5.82 Å². The van der Waals surface area contributed by atoms with Crippen LogP contribution in [0.2, 0.25) is 0 Å². The van der Waals surface area contributed by atoms with Gasteiger partial charge in [0, 0.05) is 32.2 Å². The number of hydrogen-bond donors (Lipinski definition) is 1. The number of methoxy groups -OCH3 is 2. The van der Waals surface area contributed by atoms with E-state index in [-0.39, 0.29) is 0 Å². The highest BCUT2D eigenvalue weighted by Crippen LogP contribution is 2.34. The molecule has 0 radical (unpaired) electrons. The predicted molar refractivity (Wildman–Crippen MR) is 97.7 cm³/mol. The van der Waals surface area contributed by atoms with Crippen molar-refractivity contribution in [1.29, 1.82) is 0 Å². The first-order valence-corrected chi connectivity index (χ1v) is 8.55. The van der Waals surface area contributed by atoms with E-state index in [2.05, 4.69) is 46.1 Å². The maximum Gasteiger partial charge on any atom is 0.156 e. The molecule has 24 heavy (non-hydrogen) atoms. The number of hydrogen-bond acceptors (Lipinski definition) is 7. The average Bonchev–Trinajstić information content (AvgIpc) is 2.59. The van der Waals surface area contributed by atoms with Crippen molar-refractivity contribution in [3.8, 4) is 0 Å². The first-order valence-electron chi connectivity index (χ1n) is 7.73. The summed E-state index contributed by atoms with van der Waals surface area (Å²) in [4.78, 5) is 11.9. The summed E-state index contributed by atoms with van der Waals surface area (Å²) < 4.78 is 10.4. The first kappa shape index (κ1) is 18.5. The van der Waals surface area contributed by atoms with Gasteiger partial charge >= 0.3 is 0 Å². The summed E-state index contributed by atoms with van der Waals surface area (Å²) in [6.07, 6.45) is 1.55. The molecule has 0 amide bonds. The topological polar surface area (TPSA) is 73.5 Å². The third kappa shape index (κ3) is 5.09. The minimum Gasteiger partial charge on any atom is -0.394 e. The van der Waals surface area contributed by atoms with E-state index in [0.29, 0.717) is 37.8 Å². The molecule has 0 saturated heterocycles. The van der Waals surface area contributed by atoms with Crippen molar-refractivity contribution in [1.82, 2.24) is 9.97 Å². The van der Waals surface area contributed by atoms with E-state index < -0.39 is 0 Å². The maximum absolute atomic E-state index is 6.34. The monoisotopic (exact) mass is 348 g/mol. The standard InChI is InChI=1S/C17H24N4O2S/c1-13-4-6-14(7-5-13)24-17-15(18)16(19-12-20-17)21(8-10-22-2)9-11-23-3/h4-7,12H,8-11,18H2,1-3H3. The summed E-state index contributed by atoms with van der Waals surface area (Å²) in [6, 6.07) is 8.28. The second-order valence-electron chi connectivity index (χ2n) is 5.30. The number of nitrogen functional groups attached to an aromatic ring is 1. The lowest BCUT2D eigenvalue weighted by Crippen LogP contribution is -2.32. The van der Waals surface area contributed by atoms with Crippen molar-refractivity contribution in [3.05, 3.63) is 36.2 Å². The molecule has 0 atom stereocenters. The van der Waals surface area contributed by atoms with Gasteiger partial charge in [-0.15, -0.1) is 0 Å². The smallest absolute Gasteiger partial charge is 0.156 e. The summed E-state index contributed by atoms with van der Waals surface area (Å²) in [5, 5.41) is 0.753. The van der Waals surface area contributed by atoms with Crippen molar-refractivity contribution in [2.24, 2.45) is 0 Å². The van der Waals surface area contributed by atoms with Crippen LogP contribution in [0.1, 0.15) is 5.56 Å². The average molecular weight is 348 g/mol. The van der Waals surface area contributed by atoms with Crippen LogP contribution in [-0.4, -0.2) is 50.5 Å². The largest absolute Gasteiger partial charge is 0.394 e. The Hall–Kier alpha value is -1.83. The number of ether oxygens (including phenoxy) is 2. The van der Waals surface area contributed by atoms with Crippen LogP contribution in [0.4, 0.5) is 11.5 Å². The van der Waals surface area contributed by atoms with Gasteiger partial charge in [0.25, 0.3) is 0 Å². The third-order valence-corrected chi connectivity index (χ3v) is 4.52. The van der Waals surface area contributed by atoms with Crippen LogP contribution in [0.25, 0.3) is 0 Å². The van der Waals surface area contributed by atoms with Crippen molar-refractivity contribution in [2.75, 3.05) is 51.2 Å². The van der Waals surface area contributed by atoms with Gasteiger partial charge in [-0.3, -0.25) is 0 Å². The Kier molecular flexibility index (Phi) is 7.30. The van der Waals surface area contributed by atoms with Crippen molar-refractivity contribution < 1.29 is 9.47 Å². The molecule has 1 heterocycles. The minimum absolute atomic E-state index is 0.579. The van der Waals surface area contributed by atoms with E-state index in [9.17, 15) is 0 Å². The van der Waals surface area contributed by atoms with E-state index in [0.717, 1.165) is 9.92 Å². The van der Waals surface area contributed by atoms with Gasteiger partial charge in [-0.2, -0.15) is 0 Å². The fourth-order valence-electron chi connectivity index (χ4n) is 2.15. The van der Waals surface area contributed by atoms with E-state index in [1.165, 1.54) is 17.3 Å². The van der Waals surface area contributed by atoms with Gasteiger partial charge in [-0.05, 0) is 19.1 Å². The molecule has 130 valence electrons. The van der Waals surface area contributed by atoms with Crippen molar-refractivity contribution >= 4 is 23.3 Å². The molecule has 0 saturated carbocycles. The summed E-state index contributed by atoms with van der Waals surface area (Å²) >= 11 is 1.54. The second-order valence-corrected chi connectivity index (χ2v) is 6.37. The summed E-state index contributed by atoms with van der Waals surface area (Å²) in [5.74, 6) is 0.716. The highest BCUT2D eigenvalue weighted by Gasteiger charge is 2.15. The van der Waals surface area contributed by atoms with Crippen LogP contribution in [-0.2, 0) is 9.47 Å². The number of aryl methyl sites for hydroxylation is 1. The zero-order valence-electron chi connectivity index (χ0n) is 14.4. The van der Waals surface area contributed by atoms with Crippen molar-refractivity contribution in [3.63, 3.8) is 0 Å². The lowest BCUT2D eigenvalue weighted by molar-refractivity contribution is 0.190. The molecule has 7 heteroatoms. The first-order chi connectivity index (χ1) is 11.7. The second kappa shape index (κ2) is 9.46. The fourth-order valence-corrected chi connectivity index (χ4v) is 2.95. The number of nitrogens with two attached hydrogens (primary N) is 1. The SMILES string of the molecule is COCCN(CCOC)c1ncnc(Sc2ccc(C)cc2)c1N. The van der Waals surface area contributed by atoms with Gasteiger partial charge in [0.05, 0.1) is 13.2 Å². The molecule has 0 aliphatic heterocycles.